The lowest BCUT2D eigenvalue weighted by molar-refractivity contribution is 0.316. The van der Waals surface area contributed by atoms with Gasteiger partial charge in [-0.1, -0.05) is 6.92 Å². The summed E-state index contributed by atoms with van der Waals surface area (Å²) in [5.41, 5.74) is 4.00. The molecule has 2 rings (SSSR count). The normalized spacial score (nSPS) is 11.0. The Balaban J connectivity index is 1.87. The van der Waals surface area contributed by atoms with Crippen molar-refractivity contribution in [2.75, 3.05) is 18.9 Å². The third-order valence-corrected chi connectivity index (χ3v) is 3.87. The number of aryl methyl sites for hydroxylation is 1. The molecule has 0 aromatic carbocycles. The van der Waals surface area contributed by atoms with Crippen LogP contribution in [0.15, 0.2) is 17.9 Å². The molecule has 0 atom stereocenters. The summed E-state index contributed by atoms with van der Waals surface area (Å²) in [5, 5.41) is 3.22. The average molecular weight is 291 g/mol. The van der Waals surface area contributed by atoms with Crippen LogP contribution >= 0.6 is 11.3 Å². The van der Waals surface area contributed by atoms with Gasteiger partial charge in [0, 0.05) is 24.5 Å². The van der Waals surface area contributed by atoms with Crippen LogP contribution in [0.1, 0.15) is 29.6 Å². The molecule has 2 heterocycles. The molecule has 6 heteroatoms. The fraction of sp³-hybridized carbons (Fsp3) is 0.500. The van der Waals surface area contributed by atoms with Gasteiger partial charge in [-0.15, -0.1) is 11.3 Å². The maximum Gasteiger partial charge on any atom is 0.144 e. The van der Waals surface area contributed by atoms with Crippen LogP contribution in [0, 0.1) is 6.92 Å². The van der Waals surface area contributed by atoms with Crippen LogP contribution < -0.4 is 5.32 Å². The van der Waals surface area contributed by atoms with Gasteiger partial charge in [0.2, 0.25) is 0 Å². The van der Waals surface area contributed by atoms with E-state index in [4.69, 9.17) is 0 Å². The third-order valence-electron chi connectivity index (χ3n) is 2.95. The Morgan fingerprint density at radius 2 is 2.05 bits per heavy atom. The first kappa shape index (κ1) is 14.9. The van der Waals surface area contributed by atoms with Crippen LogP contribution in [0.4, 0.5) is 5.82 Å². The second-order valence-corrected chi connectivity index (χ2v) is 5.79. The van der Waals surface area contributed by atoms with Gasteiger partial charge in [-0.2, -0.15) is 0 Å². The second-order valence-electron chi connectivity index (χ2n) is 4.85. The fourth-order valence-corrected chi connectivity index (χ4v) is 2.69. The van der Waals surface area contributed by atoms with Gasteiger partial charge in [-0.25, -0.2) is 9.97 Å². The van der Waals surface area contributed by atoms with Crippen LogP contribution in [0.2, 0.25) is 0 Å². The second kappa shape index (κ2) is 7.31. The number of nitrogens with one attached hydrogen (secondary N) is 1. The maximum absolute atomic E-state index is 4.44. The Kier molecular flexibility index (Phi) is 5.43. The van der Waals surface area contributed by atoms with Gasteiger partial charge >= 0.3 is 0 Å². The minimum Gasteiger partial charge on any atom is -0.369 e. The Morgan fingerprint density at radius 3 is 2.65 bits per heavy atom. The molecule has 0 saturated carbocycles. The molecular weight excluding hydrogens is 270 g/mol. The molecule has 0 bridgehead atoms. The van der Waals surface area contributed by atoms with Crippen molar-refractivity contribution in [3.63, 3.8) is 0 Å². The molecule has 0 saturated heterocycles. The molecule has 2 aromatic heterocycles. The predicted octanol–water partition coefficient (Wildman–Crippen LogP) is 2.70. The lowest BCUT2D eigenvalue weighted by Gasteiger charge is -2.15. The molecule has 0 amide bonds. The lowest BCUT2D eigenvalue weighted by Crippen LogP contribution is -2.18. The number of hydrogen-bond acceptors (Lipinski definition) is 6. The zero-order valence-corrected chi connectivity index (χ0v) is 13.1. The Bertz CT molecular complexity index is 523. The number of thiazole rings is 1. The van der Waals surface area contributed by atoms with Gasteiger partial charge in [-0.05, 0) is 20.4 Å². The van der Waals surface area contributed by atoms with Gasteiger partial charge in [-0.3, -0.25) is 9.88 Å². The largest absolute Gasteiger partial charge is 0.369 e. The summed E-state index contributed by atoms with van der Waals surface area (Å²) in [5.74, 6) is 0.844. The van der Waals surface area contributed by atoms with Crippen LogP contribution in [0.5, 0.6) is 0 Å². The first-order chi connectivity index (χ1) is 9.69. The Labute approximate surface area is 124 Å². The number of rotatable bonds is 7. The van der Waals surface area contributed by atoms with Crippen molar-refractivity contribution in [1.29, 1.82) is 0 Å². The van der Waals surface area contributed by atoms with Crippen molar-refractivity contribution in [2.45, 2.75) is 33.4 Å². The van der Waals surface area contributed by atoms with E-state index in [2.05, 4.69) is 39.1 Å². The Morgan fingerprint density at radius 1 is 1.20 bits per heavy atom. The van der Waals surface area contributed by atoms with Crippen LogP contribution in [0.25, 0.3) is 0 Å². The van der Waals surface area contributed by atoms with Crippen molar-refractivity contribution in [2.24, 2.45) is 0 Å². The highest BCUT2D eigenvalue weighted by Crippen LogP contribution is 2.15. The van der Waals surface area contributed by atoms with Crippen molar-refractivity contribution < 1.29 is 0 Å². The highest BCUT2D eigenvalue weighted by molar-refractivity contribution is 7.09. The number of nitrogens with zero attached hydrogens (tertiary/aromatic N) is 4. The molecule has 0 aliphatic carbocycles. The van der Waals surface area contributed by atoms with Gasteiger partial charge in [0.05, 0.1) is 29.3 Å². The first-order valence-electron chi connectivity index (χ1n) is 6.81. The summed E-state index contributed by atoms with van der Waals surface area (Å²) in [6.07, 6.45) is 4.73. The van der Waals surface area contributed by atoms with Crippen molar-refractivity contribution in [3.8, 4) is 0 Å². The highest BCUT2D eigenvalue weighted by Gasteiger charge is 2.07. The average Bonchev–Trinajstić information content (AvgIpc) is 2.83. The van der Waals surface area contributed by atoms with E-state index in [1.165, 1.54) is 4.88 Å². The highest BCUT2D eigenvalue weighted by atomic mass is 32.1. The fourth-order valence-electron chi connectivity index (χ4n) is 1.84. The zero-order chi connectivity index (χ0) is 14.4. The van der Waals surface area contributed by atoms with Crippen LogP contribution in [-0.2, 0) is 13.1 Å². The van der Waals surface area contributed by atoms with E-state index in [0.29, 0.717) is 0 Å². The smallest absolute Gasteiger partial charge is 0.144 e. The van der Waals surface area contributed by atoms with E-state index in [0.717, 1.165) is 43.3 Å². The summed E-state index contributed by atoms with van der Waals surface area (Å²) in [6.45, 7) is 6.80. The molecule has 2 aromatic rings. The third kappa shape index (κ3) is 4.25. The first-order valence-corrected chi connectivity index (χ1v) is 7.69. The minimum atomic E-state index is 0.790. The van der Waals surface area contributed by atoms with Gasteiger partial charge < -0.3 is 5.32 Å². The summed E-state index contributed by atoms with van der Waals surface area (Å²) in [4.78, 5) is 16.6. The molecular formula is C14H21N5S. The number of hydrogen-bond donors (Lipinski definition) is 1. The topological polar surface area (TPSA) is 53.9 Å². The molecule has 0 aliphatic heterocycles. The van der Waals surface area contributed by atoms with Crippen molar-refractivity contribution in [3.05, 3.63) is 34.2 Å². The summed E-state index contributed by atoms with van der Waals surface area (Å²) < 4.78 is 0. The number of anilines is 1. The molecule has 0 radical (unpaired) electrons. The van der Waals surface area contributed by atoms with E-state index in [1.807, 2.05) is 18.6 Å². The van der Waals surface area contributed by atoms with Crippen molar-refractivity contribution in [1.82, 2.24) is 19.9 Å². The van der Waals surface area contributed by atoms with E-state index in [1.54, 1.807) is 17.5 Å². The van der Waals surface area contributed by atoms with Gasteiger partial charge in [0.1, 0.15) is 5.82 Å². The van der Waals surface area contributed by atoms with E-state index in [9.17, 15) is 0 Å². The van der Waals surface area contributed by atoms with E-state index >= 15 is 0 Å². The molecule has 0 spiro atoms. The van der Waals surface area contributed by atoms with E-state index in [-0.39, 0.29) is 0 Å². The molecule has 0 unspecified atom stereocenters. The molecule has 0 fully saturated rings. The molecule has 108 valence electrons. The lowest BCUT2D eigenvalue weighted by atomic mass is 10.3. The maximum atomic E-state index is 4.44. The summed E-state index contributed by atoms with van der Waals surface area (Å²) >= 11 is 1.70. The van der Waals surface area contributed by atoms with Crippen molar-refractivity contribution >= 4 is 17.2 Å². The zero-order valence-electron chi connectivity index (χ0n) is 12.3. The monoisotopic (exact) mass is 291 g/mol. The van der Waals surface area contributed by atoms with Gasteiger partial charge in [0.15, 0.2) is 0 Å². The summed E-state index contributed by atoms with van der Waals surface area (Å²) in [6, 6.07) is 0. The minimum absolute atomic E-state index is 0.790. The van der Waals surface area contributed by atoms with E-state index < -0.39 is 0 Å². The summed E-state index contributed by atoms with van der Waals surface area (Å²) in [7, 11) is 2.09. The number of aromatic nitrogens is 3. The quantitative estimate of drug-likeness (QED) is 0.850. The SMILES string of the molecule is CCCNc1cnc(CN(C)Cc2scnc2C)cn1. The standard InChI is InChI=1S/C14H21N5S/c1-4-5-15-14-7-16-12(6-17-14)8-19(3)9-13-11(2)18-10-20-13/h6-7,10H,4-5,8-9H2,1-3H3,(H,15,17). The molecule has 5 nitrogen and oxygen atoms in total. The van der Waals surface area contributed by atoms with Crippen LogP contribution in [0.3, 0.4) is 0 Å². The van der Waals surface area contributed by atoms with Crippen LogP contribution in [-0.4, -0.2) is 33.4 Å². The molecule has 0 aliphatic rings. The molecule has 20 heavy (non-hydrogen) atoms. The predicted molar refractivity (Wildman–Crippen MR) is 82.8 cm³/mol. The Hall–Kier alpha value is -1.53. The molecule has 1 N–H and O–H groups in total. The van der Waals surface area contributed by atoms with Gasteiger partial charge in [0.25, 0.3) is 0 Å².